The number of rotatable bonds is 7. The van der Waals surface area contributed by atoms with Crippen molar-refractivity contribution in [2.75, 3.05) is 0 Å². The normalized spacial score (nSPS) is 18.1. The van der Waals surface area contributed by atoms with E-state index in [9.17, 15) is 0 Å². The van der Waals surface area contributed by atoms with Gasteiger partial charge in [-0.25, -0.2) is 19.9 Å². The maximum atomic E-state index is 5.12. The van der Waals surface area contributed by atoms with Crippen LogP contribution in [0.15, 0.2) is 152 Å². The van der Waals surface area contributed by atoms with Crippen LogP contribution in [0, 0.1) is 5.92 Å². The van der Waals surface area contributed by atoms with Crippen molar-refractivity contribution in [2.45, 2.75) is 37.5 Å². The molecule has 5 aromatic carbocycles. The summed E-state index contributed by atoms with van der Waals surface area (Å²) in [6, 6.07) is 52.7. The van der Waals surface area contributed by atoms with Crippen LogP contribution < -0.4 is 0 Å². The van der Waals surface area contributed by atoms with E-state index in [0.29, 0.717) is 17.1 Å². The van der Waals surface area contributed by atoms with Gasteiger partial charge in [0.15, 0.2) is 11.6 Å². The van der Waals surface area contributed by atoms with E-state index < -0.39 is 0 Å². The highest BCUT2D eigenvalue weighted by molar-refractivity contribution is 5.76. The molecule has 2 saturated carbocycles. The number of hydrogen-bond donors (Lipinski definition) is 0. The Morgan fingerprint density at radius 1 is 0.388 bits per heavy atom. The smallest absolute Gasteiger partial charge is 0.160 e. The first-order valence-corrected chi connectivity index (χ1v) is 17.4. The van der Waals surface area contributed by atoms with E-state index in [1.54, 1.807) is 0 Å². The van der Waals surface area contributed by atoms with Crippen LogP contribution in [0.25, 0.3) is 67.8 Å². The van der Waals surface area contributed by atoms with Crippen LogP contribution in [0.1, 0.15) is 37.7 Å². The molecule has 0 unspecified atom stereocenters. The molecule has 0 aliphatic heterocycles. The largest absolute Gasteiger partial charge is 0.228 e. The first-order chi connectivity index (χ1) is 24.2. The zero-order chi connectivity index (χ0) is 32.6. The Morgan fingerprint density at radius 3 is 1.33 bits per heavy atom. The molecule has 0 amide bonds. The van der Waals surface area contributed by atoms with Crippen LogP contribution in [-0.4, -0.2) is 19.9 Å². The summed E-state index contributed by atoms with van der Waals surface area (Å²) in [5.41, 5.74) is 11.6. The van der Waals surface area contributed by atoms with Gasteiger partial charge in [-0.05, 0) is 67.2 Å². The van der Waals surface area contributed by atoms with Gasteiger partial charge >= 0.3 is 0 Å². The maximum absolute atomic E-state index is 5.12. The van der Waals surface area contributed by atoms with Gasteiger partial charge in [0.1, 0.15) is 0 Å². The second-order valence-corrected chi connectivity index (χ2v) is 13.6. The molecule has 0 N–H and O–H groups in total. The lowest BCUT2D eigenvalue weighted by Crippen LogP contribution is -2.19. The van der Waals surface area contributed by atoms with Gasteiger partial charge in [-0.2, -0.15) is 0 Å². The second-order valence-electron chi connectivity index (χ2n) is 13.6. The molecular formula is C45H36N4. The lowest BCUT2D eigenvalue weighted by molar-refractivity contribution is 0.419. The summed E-state index contributed by atoms with van der Waals surface area (Å²) in [5, 5.41) is 0. The summed E-state index contributed by atoms with van der Waals surface area (Å²) in [7, 11) is 0. The van der Waals surface area contributed by atoms with Gasteiger partial charge < -0.3 is 0 Å². The Labute approximate surface area is 287 Å². The summed E-state index contributed by atoms with van der Waals surface area (Å²) in [6.07, 6.45) is 6.77. The van der Waals surface area contributed by atoms with Crippen molar-refractivity contribution in [3.05, 3.63) is 157 Å². The first kappa shape index (κ1) is 29.4. The predicted octanol–water partition coefficient (Wildman–Crippen LogP) is 11.1. The Kier molecular flexibility index (Phi) is 7.42. The fraction of sp³-hybridized carbons (Fsp3) is 0.156. The molecule has 4 nitrogen and oxygen atoms in total. The van der Waals surface area contributed by atoms with Crippen LogP contribution in [0.3, 0.4) is 0 Å². The highest BCUT2D eigenvalue weighted by Gasteiger charge is 2.45. The lowest BCUT2D eigenvalue weighted by Gasteiger charge is -2.27. The molecule has 2 heterocycles. The van der Waals surface area contributed by atoms with Gasteiger partial charge in [-0.1, -0.05) is 133 Å². The van der Waals surface area contributed by atoms with E-state index >= 15 is 0 Å². The monoisotopic (exact) mass is 632 g/mol. The van der Waals surface area contributed by atoms with Crippen molar-refractivity contribution in [3.63, 3.8) is 0 Å². The molecule has 49 heavy (non-hydrogen) atoms. The molecule has 236 valence electrons. The quantitative estimate of drug-likeness (QED) is 0.175. The van der Waals surface area contributed by atoms with Crippen molar-refractivity contribution < 1.29 is 0 Å². The molecule has 0 radical (unpaired) electrons. The Bertz CT molecular complexity index is 2180. The van der Waals surface area contributed by atoms with Crippen LogP contribution >= 0.6 is 0 Å². The highest BCUT2D eigenvalue weighted by Crippen LogP contribution is 2.55. The third-order valence-corrected chi connectivity index (χ3v) is 10.6. The summed E-state index contributed by atoms with van der Waals surface area (Å²) in [4.78, 5) is 20.4. The van der Waals surface area contributed by atoms with Crippen molar-refractivity contribution in [1.82, 2.24) is 19.9 Å². The van der Waals surface area contributed by atoms with Gasteiger partial charge in [0, 0.05) is 33.4 Å². The fourth-order valence-corrected chi connectivity index (χ4v) is 7.96. The summed E-state index contributed by atoms with van der Waals surface area (Å²) in [6.45, 7) is 0. The number of nitrogens with zero attached hydrogens (tertiary/aromatic N) is 4. The summed E-state index contributed by atoms with van der Waals surface area (Å²) >= 11 is 0. The molecule has 2 bridgehead atoms. The average Bonchev–Trinajstić information content (AvgIpc) is 3.82. The summed E-state index contributed by atoms with van der Waals surface area (Å²) in [5.74, 6) is 2.31. The number of hydrogen-bond acceptors (Lipinski definition) is 4. The molecule has 9 rings (SSSR count). The Balaban J connectivity index is 1.14. The van der Waals surface area contributed by atoms with E-state index in [2.05, 4.69) is 97.1 Å². The van der Waals surface area contributed by atoms with Gasteiger partial charge in [-0.3, -0.25) is 0 Å². The van der Waals surface area contributed by atoms with Crippen molar-refractivity contribution in [3.8, 4) is 67.8 Å². The third kappa shape index (κ3) is 5.74. The standard InChI is InChI=1S/C45H36N4/c1-4-11-32(12-5-1)39-28-40(33-13-6-2-7-14-33)48-44(47-39)37-18-10-17-36(27-37)42-29-41(46-43(49-42)35-15-8-3-9-16-35)34-19-21-38(22-20-34)45-25-23-31(30-45)24-26-45/h1-22,27-29,31H,23-26,30H2. The van der Waals surface area contributed by atoms with E-state index in [4.69, 9.17) is 19.9 Å². The molecule has 0 spiro atoms. The SMILES string of the molecule is c1ccc(-c2cc(-c3ccccc3)nc(-c3cccc(-c4cc(-c5ccc(C67CCC(CC6)C7)cc5)nc(-c5ccccc5)n4)c3)n2)cc1. The zero-order valence-electron chi connectivity index (χ0n) is 27.3. The molecule has 0 saturated heterocycles. The summed E-state index contributed by atoms with van der Waals surface area (Å²) < 4.78 is 0. The van der Waals surface area contributed by atoms with Gasteiger partial charge in [0.05, 0.1) is 22.8 Å². The number of fused-ring (bicyclic) bond motifs is 2. The lowest BCUT2D eigenvalue weighted by atomic mass is 9.77. The molecule has 7 aromatic rings. The van der Waals surface area contributed by atoms with Gasteiger partial charge in [0.25, 0.3) is 0 Å². The molecule has 0 atom stereocenters. The predicted molar refractivity (Wildman–Crippen MR) is 198 cm³/mol. The van der Waals surface area contributed by atoms with Crippen molar-refractivity contribution in [2.24, 2.45) is 5.92 Å². The van der Waals surface area contributed by atoms with Crippen molar-refractivity contribution in [1.29, 1.82) is 0 Å². The van der Waals surface area contributed by atoms with Crippen LogP contribution in [0.2, 0.25) is 0 Å². The maximum Gasteiger partial charge on any atom is 0.160 e. The number of aromatic nitrogens is 4. The Hall–Kier alpha value is -5.74. The van der Waals surface area contributed by atoms with E-state index in [-0.39, 0.29) is 0 Å². The van der Waals surface area contributed by atoms with Gasteiger partial charge in [-0.15, -0.1) is 0 Å². The minimum atomic E-state index is 0.385. The van der Waals surface area contributed by atoms with E-state index in [1.165, 1.54) is 37.7 Å². The third-order valence-electron chi connectivity index (χ3n) is 10.6. The first-order valence-electron chi connectivity index (χ1n) is 17.4. The minimum Gasteiger partial charge on any atom is -0.228 e. The van der Waals surface area contributed by atoms with E-state index in [0.717, 1.165) is 62.1 Å². The number of benzene rings is 5. The van der Waals surface area contributed by atoms with E-state index in [1.807, 2.05) is 54.6 Å². The van der Waals surface area contributed by atoms with Gasteiger partial charge in [0.2, 0.25) is 0 Å². The van der Waals surface area contributed by atoms with Crippen molar-refractivity contribution >= 4 is 0 Å². The molecule has 4 heteroatoms. The zero-order valence-corrected chi connectivity index (χ0v) is 27.3. The van der Waals surface area contributed by atoms with Crippen LogP contribution in [0.5, 0.6) is 0 Å². The fourth-order valence-electron chi connectivity index (χ4n) is 7.96. The van der Waals surface area contributed by atoms with Crippen LogP contribution in [0.4, 0.5) is 0 Å². The topological polar surface area (TPSA) is 51.6 Å². The molecule has 2 fully saturated rings. The second kappa shape index (κ2) is 12.4. The average molecular weight is 633 g/mol. The molecule has 2 aliphatic carbocycles. The highest BCUT2D eigenvalue weighted by atomic mass is 14.9. The molecule has 2 aromatic heterocycles. The minimum absolute atomic E-state index is 0.385. The molecular weight excluding hydrogens is 597 g/mol. The Morgan fingerprint density at radius 2 is 0.816 bits per heavy atom. The van der Waals surface area contributed by atoms with Crippen LogP contribution in [-0.2, 0) is 5.41 Å². The molecule has 2 aliphatic rings.